The highest BCUT2D eigenvalue weighted by atomic mass is 15.1. The highest BCUT2D eigenvalue weighted by Gasteiger charge is 2.07. The summed E-state index contributed by atoms with van der Waals surface area (Å²) in [6.45, 7) is 3.91. The molecule has 0 saturated carbocycles. The molecule has 1 aromatic rings. The molecular weight excluding hydrogens is 210 g/mol. The van der Waals surface area contributed by atoms with Crippen molar-refractivity contribution in [3.05, 3.63) is 30.3 Å². The molecule has 1 atom stereocenters. The lowest BCUT2D eigenvalue weighted by molar-refractivity contribution is 0.561. The Morgan fingerprint density at radius 3 is 2.65 bits per heavy atom. The van der Waals surface area contributed by atoms with E-state index in [9.17, 15) is 0 Å². The zero-order valence-corrected chi connectivity index (χ0v) is 10.7. The van der Waals surface area contributed by atoms with Gasteiger partial charge in [-0.05, 0) is 31.5 Å². The molecule has 0 radical (unpaired) electrons. The van der Waals surface area contributed by atoms with E-state index in [0.29, 0.717) is 0 Å². The van der Waals surface area contributed by atoms with Gasteiger partial charge < -0.3 is 10.2 Å². The molecule has 0 aliphatic carbocycles. The van der Waals surface area contributed by atoms with Crippen LogP contribution in [0.2, 0.25) is 0 Å². The van der Waals surface area contributed by atoms with Crippen molar-refractivity contribution in [2.75, 3.05) is 25.0 Å². The van der Waals surface area contributed by atoms with Gasteiger partial charge in [-0.2, -0.15) is 5.26 Å². The lowest BCUT2D eigenvalue weighted by Gasteiger charge is -2.21. The second-order valence-electron chi connectivity index (χ2n) is 4.18. The average molecular weight is 231 g/mol. The molecule has 0 aliphatic heterocycles. The molecule has 0 bridgehead atoms. The fourth-order valence-corrected chi connectivity index (χ4v) is 1.67. The molecule has 1 aromatic carbocycles. The van der Waals surface area contributed by atoms with Crippen LogP contribution in [0.5, 0.6) is 0 Å². The number of nitriles is 1. The first kappa shape index (κ1) is 13.5. The van der Waals surface area contributed by atoms with Crippen LogP contribution < -0.4 is 10.2 Å². The lowest BCUT2D eigenvalue weighted by atomic mass is 10.2. The number of hydrogen-bond donors (Lipinski definition) is 1. The number of benzene rings is 1. The third-order valence-electron chi connectivity index (χ3n) is 2.75. The van der Waals surface area contributed by atoms with E-state index < -0.39 is 0 Å². The third-order valence-corrected chi connectivity index (χ3v) is 2.75. The van der Waals surface area contributed by atoms with Crippen molar-refractivity contribution in [2.45, 2.75) is 25.8 Å². The number of rotatable bonds is 7. The van der Waals surface area contributed by atoms with Gasteiger partial charge in [0.15, 0.2) is 0 Å². The Morgan fingerprint density at radius 1 is 1.35 bits per heavy atom. The molecule has 3 nitrogen and oxygen atoms in total. The molecular formula is C14H21N3. The molecule has 1 unspecified atom stereocenters. The molecule has 1 rings (SSSR count). The summed E-state index contributed by atoms with van der Waals surface area (Å²) in [5, 5.41) is 12.2. The summed E-state index contributed by atoms with van der Waals surface area (Å²) >= 11 is 0. The zero-order valence-electron chi connectivity index (χ0n) is 10.7. The Hall–Kier alpha value is -1.53. The molecule has 17 heavy (non-hydrogen) atoms. The number of nitrogens with one attached hydrogen (secondary N) is 1. The maximum atomic E-state index is 9.01. The van der Waals surface area contributed by atoms with Crippen LogP contribution in [0.4, 0.5) is 5.69 Å². The SMILES string of the molecule is CCCNC(C#N)CCN(C)c1ccccc1. The summed E-state index contributed by atoms with van der Waals surface area (Å²) in [5.74, 6) is 0. The Bertz CT molecular complexity index is 342. The van der Waals surface area contributed by atoms with E-state index in [1.165, 1.54) is 5.69 Å². The number of anilines is 1. The first-order chi connectivity index (χ1) is 8.27. The molecule has 0 heterocycles. The number of nitrogens with zero attached hydrogens (tertiary/aromatic N) is 2. The van der Waals surface area contributed by atoms with Gasteiger partial charge in [0.05, 0.1) is 12.1 Å². The fraction of sp³-hybridized carbons (Fsp3) is 0.500. The van der Waals surface area contributed by atoms with Gasteiger partial charge in [0, 0.05) is 19.3 Å². The topological polar surface area (TPSA) is 39.1 Å². The van der Waals surface area contributed by atoms with E-state index >= 15 is 0 Å². The highest BCUT2D eigenvalue weighted by Crippen LogP contribution is 2.11. The van der Waals surface area contributed by atoms with Gasteiger partial charge >= 0.3 is 0 Å². The van der Waals surface area contributed by atoms with E-state index in [1.807, 2.05) is 18.2 Å². The second-order valence-corrected chi connectivity index (χ2v) is 4.18. The summed E-state index contributed by atoms with van der Waals surface area (Å²) in [6.07, 6.45) is 1.91. The summed E-state index contributed by atoms with van der Waals surface area (Å²) in [7, 11) is 2.06. The molecule has 0 fully saturated rings. The maximum absolute atomic E-state index is 9.01. The van der Waals surface area contributed by atoms with Crippen molar-refractivity contribution >= 4 is 5.69 Å². The molecule has 92 valence electrons. The van der Waals surface area contributed by atoms with E-state index in [1.54, 1.807) is 0 Å². The van der Waals surface area contributed by atoms with Crippen LogP contribution >= 0.6 is 0 Å². The van der Waals surface area contributed by atoms with Crippen LogP contribution in [0.15, 0.2) is 30.3 Å². The summed E-state index contributed by atoms with van der Waals surface area (Å²) in [4.78, 5) is 2.18. The first-order valence-corrected chi connectivity index (χ1v) is 6.17. The molecule has 0 amide bonds. The smallest absolute Gasteiger partial charge is 0.0969 e. The predicted octanol–water partition coefficient (Wildman–Crippen LogP) is 2.40. The summed E-state index contributed by atoms with van der Waals surface area (Å²) < 4.78 is 0. The van der Waals surface area contributed by atoms with E-state index in [-0.39, 0.29) is 6.04 Å². The summed E-state index contributed by atoms with van der Waals surface area (Å²) in [6, 6.07) is 12.5. The number of para-hydroxylation sites is 1. The van der Waals surface area contributed by atoms with Crippen LogP contribution in [0.25, 0.3) is 0 Å². The van der Waals surface area contributed by atoms with Gasteiger partial charge in [-0.25, -0.2) is 0 Å². The van der Waals surface area contributed by atoms with Crippen molar-refractivity contribution in [3.63, 3.8) is 0 Å². The van der Waals surface area contributed by atoms with E-state index in [0.717, 1.165) is 25.9 Å². The Kier molecular flexibility index (Phi) is 6.13. The van der Waals surface area contributed by atoms with Crippen molar-refractivity contribution in [1.82, 2.24) is 5.32 Å². The van der Waals surface area contributed by atoms with Gasteiger partial charge in [-0.1, -0.05) is 25.1 Å². The fourth-order valence-electron chi connectivity index (χ4n) is 1.67. The Labute approximate surface area is 104 Å². The van der Waals surface area contributed by atoms with Crippen LogP contribution in [-0.4, -0.2) is 26.2 Å². The minimum Gasteiger partial charge on any atom is -0.375 e. The quantitative estimate of drug-likeness (QED) is 0.783. The van der Waals surface area contributed by atoms with Gasteiger partial charge in [-0.3, -0.25) is 0 Å². The lowest BCUT2D eigenvalue weighted by Crippen LogP contribution is -2.32. The van der Waals surface area contributed by atoms with Crippen molar-refractivity contribution in [2.24, 2.45) is 0 Å². The zero-order chi connectivity index (χ0) is 12.5. The predicted molar refractivity (Wildman–Crippen MR) is 72.0 cm³/mol. The Morgan fingerprint density at radius 2 is 2.06 bits per heavy atom. The van der Waals surface area contributed by atoms with Gasteiger partial charge in [0.1, 0.15) is 0 Å². The molecule has 3 heteroatoms. The van der Waals surface area contributed by atoms with Crippen LogP contribution in [0.1, 0.15) is 19.8 Å². The van der Waals surface area contributed by atoms with E-state index in [4.69, 9.17) is 5.26 Å². The molecule has 0 saturated heterocycles. The highest BCUT2D eigenvalue weighted by molar-refractivity contribution is 5.44. The standard InChI is InChI=1S/C14H21N3/c1-3-10-16-13(12-15)9-11-17(2)14-7-5-4-6-8-14/h4-8,13,16H,3,9-11H2,1-2H3. The molecule has 0 aliphatic rings. The second kappa shape index (κ2) is 7.70. The van der Waals surface area contributed by atoms with Gasteiger partial charge in [0.25, 0.3) is 0 Å². The van der Waals surface area contributed by atoms with Crippen LogP contribution in [0.3, 0.4) is 0 Å². The van der Waals surface area contributed by atoms with Gasteiger partial charge in [-0.15, -0.1) is 0 Å². The van der Waals surface area contributed by atoms with Crippen LogP contribution in [-0.2, 0) is 0 Å². The van der Waals surface area contributed by atoms with Crippen molar-refractivity contribution in [1.29, 1.82) is 5.26 Å². The third kappa shape index (κ3) is 4.88. The monoisotopic (exact) mass is 231 g/mol. The van der Waals surface area contributed by atoms with Gasteiger partial charge in [0.2, 0.25) is 0 Å². The van der Waals surface area contributed by atoms with Crippen LogP contribution in [0, 0.1) is 11.3 Å². The number of hydrogen-bond acceptors (Lipinski definition) is 3. The summed E-state index contributed by atoms with van der Waals surface area (Å²) in [5.41, 5.74) is 1.19. The molecule has 0 aromatic heterocycles. The van der Waals surface area contributed by atoms with E-state index in [2.05, 4.69) is 42.4 Å². The van der Waals surface area contributed by atoms with Crippen molar-refractivity contribution in [3.8, 4) is 6.07 Å². The minimum absolute atomic E-state index is 0.0406. The molecule has 0 spiro atoms. The first-order valence-electron chi connectivity index (χ1n) is 6.17. The largest absolute Gasteiger partial charge is 0.375 e. The molecule has 1 N–H and O–H groups in total. The minimum atomic E-state index is -0.0406. The van der Waals surface area contributed by atoms with Crippen molar-refractivity contribution < 1.29 is 0 Å². The average Bonchev–Trinajstić information content (AvgIpc) is 2.39. The normalized spacial score (nSPS) is 11.8. The Balaban J connectivity index is 2.37. The maximum Gasteiger partial charge on any atom is 0.0969 e.